The van der Waals surface area contributed by atoms with Crippen molar-refractivity contribution in [3.05, 3.63) is 46.4 Å². The molecule has 26 heavy (non-hydrogen) atoms. The predicted octanol–water partition coefficient (Wildman–Crippen LogP) is 0.0997. The lowest BCUT2D eigenvalue weighted by molar-refractivity contribution is -0.0247. The molecular formula is C17H22N6O3. The number of anilines is 1. The molecule has 1 fully saturated rings. The first-order valence-corrected chi connectivity index (χ1v) is 8.47. The lowest BCUT2D eigenvalue weighted by atomic mass is 10.1. The molecule has 0 aromatic carbocycles. The normalized spacial score (nSPS) is 17.2. The van der Waals surface area contributed by atoms with E-state index in [0.29, 0.717) is 49.7 Å². The fourth-order valence-corrected chi connectivity index (χ4v) is 2.78. The Hall–Kier alpha value is -2.81. The number of carbonyl (C=O) groups excluding carboxylic acids is 1. The number of aryl methyl sites for hydroxylation is 1. The van der Waals surface area contributed by atoms with Crippen LogP contribution in [0.15, 0.2) is 29.6 Å². The van der Waals surface area contributed by atoms with Gasteiger partial charge in [-0.2, -0.15) is 0 Å². The van der Waals surface area contributed by atoms with Crippen molar-refractivity contribution in [3.8, 4) is 0 Å². The summed E-state index contributed by atoms with van der Waals surface area (Å²) in [5.41, 5.74) is 1.01. The molecule has 0 saturated carbocycles. The van der Waals surface area contributed by atoms with Crippen LogP contribution >= 0.6 is 0 Å². The van der Waals surface area contributed by atoms with Crippen LogP contribution in [0.4, 0.5) is 5.95 Å². The van der Waals surface area contributed by atoms with Gasteiger partial charge in [0.25, 0.3) is 11.5 Å². The third-order valence-corrected chi connectivity index (χ3v) is 4.17. The van der Waals surface area contributed by atoms with Gasteiger partial charge in [0, 0.05) is 51.3 Å². The summed E-state index contributed by atoms with van der Waals surface area (Å²) in [4.78, 5) is 42.5. The summed E-state index contributed by atoms with van der Waals surface area (Å²) in [6.45, 7) is 1.52. The number of ether oxygens (including phenoxy) is 1. The summed E-state index contributed by atoms with van der Waals surface area (Å²) in [5.74, 6) is 0.463. The Bertz CT molecular complexity index is 805. The molecule has 0 bridgehead atoms. The third-order valence-electron chi connectivity index (χ3n) is 4.17. The zero-order valence-corrected chi connectivity index (χ0v) is 14.9. The maximum Gasteiger partial charge on any atom is 0.257 e. The van der Waals surface area contributed by atoms with Gasteiger partial charge in [0.15, 0.2) is 0 Å². The monoisotopic (exact) mass is 358 g/mol. The molecule has 2 aromatic heterocycles. The van der Waals surface area contributed by atoms with Gasteiger partial charge in [0.2, 0.25) is 5.95 Å². The number of nitrogens with zero attached hydrogens (tertiary/aromatic N) is 5. The fraction of sp³-hybridized carbons (Fsp3) is 0.471. The smallest absolute Gasteiger partial charge is 0.257 e. The highest BCUT2D eigenvalue weighted by molar-refractivity contribution is 5.93. The Morgan fingerprint density at radius 3 is 2.81 bits per heavy atom. The topological polar surface area (TPSA) is 104 Å². The average Bonchev–Trinajstić information content (AvgIpc) is 2.66. The molecule has 9 heteroatoms. The number of aromatic nitrogens is 4. The highest BCUT2D eigenvalue weighted by atomic mass is 16.5. The molecule has 0 radical (unpaired) electrons. The number of aromatic amines is 1. The molecule has 138 valence electrons. The molecule has 0 spiro atoms. The average molecular weight is 358 g/mol. The second-order valence-electron chi connectivity index (χ2n) is 6.35. The van der Waals surface area contributed by atoms with E-state index in [0.717, 1.165) is 0 Å². The standard InChI is InChI=1S/C17H22N6O3/c1-22(2)17-18-8-12(9-19-17)16(25)23-5-6-26-14(10-23)4-3-13-7-15(24)21-11-20-13/h7-9,11,14H,3-6,10H2,1-2H3,(H,20,21,24)/t14-/m0/s1. The number of amides is 1. The first-order valence-electron chi connectivity index (χ1n) is 8.47. The van der Waals surface area contributed by atoms with Gasteiger partial charge >= 0.3 is 0 Å². The summed E-state index contributed by atoms with van der Waals surface area (Å²) in [7, 11) is 3.69. The van der Waals surface area contributed by atoms with E-state index in [-0.39, 0.29) is 17.6 Å². The summed E-state index contributed by atoms with van der Waals surface area (Å²) < 4.78 is 5.75. The SMILES string of the molecule is CN(C)c1ncc(C(=O)N2CCO[C@@H](CCc3cc(=O)[nH]cn3)C2)cn1. The molecule has 0 unspecified atom stereocenters. The Kier molecular flexibility index (Phi) is 5.57. The van der Waals surface area contributed by atoms with Crippen LogP contribution in [0, 0.1) is 0 Å². The van der Waals surface area contributed by atoms with E-state index < -0.39 is 0 Å². The lowest BCUT2D eigenvalue weighted by Gasteiger charge is -2.33. The van der Waals surface area contributed by atoms with Gasteiger partial charge in [-0.25, -0.2) is 15.0 Å². The van der Waals surface area contributed by atoms with E-state index >= 15 is 0 Å². The van der Waals surface area contributed by atoms with E-state index in [1.165, 1.54) is 12.4 Å². The summed E-state index contributed by atoms with van der Waals surface area (Å²) in [6, 6.07) is 1.48. The maximum absolute atomic E-state index is 12.7. The molecule has 3 rings (SSSR count). The Labute approximate surface area is 151 Å². The molecule has 0 aliphatic carbocycles. The van der Waals surface area contributed by atoms with Gasteiger partial charge < -0.3 is 19.5 Å². The van der Waals surface area contributed by atoms with E-state index in [9.17, 15) is 9.59 Å². The zero-order valence-electron chi connectivity index (χ0n) is 14.9. The fourth-order valence-electron chi connectivity index (χ4n) is 2.78. The Morgan fingerprint density at radius 2 is 2.12 bits per heavy atom. The van der Waals surface area contributed by atoms with Crippen molar-refractivity contribution in [2.24, 2.45) is 0 Å². The van der Waals surface area contributed by atoms with Gasteiger partial charge in [-0.1, -0.05) is 0 Å². The summed E-state index contributed by atoms with van der Waals surface area (Å²) in [5, 5.41) is 0. The second-order valence-corrected chi connectivity index (χ2v) is 6.35. The van der Waals surface area contributed by atoms with Crippen molar-refractivity contribution in [2.75, 3.05) is 38.7 Å². The number of carbonyl (C=O) groups is 1. The summed E-state index contributed by atoms with van der Waals surface area (Å²) >= 11 is 0. The van der Waals surface area contributed by atoms with Crippen molar-refractivity contribution in [3.63, 3.8) is 0 Å². The van der Waals surface area contributed by atoms with Crippen LogP contribution in [0.2, 0.25) is 0 Å². The molecular weight excluding hydrogens is 336 g/mol. The molecule has 9 nitrogen and oxygen atoms in total. The first kappa shape index (κ1) is 18.0. The molecule has 1 aliphatic rings. The van der Waals surface area contributed by atoms with E-state index in [4.69, 9.17) is 4.74 Å². The molecule has 1 N–H and O–H groups in total. The Morgan fingerprint density at radius 1 is 1.35 bits per heavy atom. The number of H-pyrrole nitrogens is 1. The minimum atomic E-state index is -0.169. The molecule has 1 saturated heterocycles. The van der Waals surface area contributed by atoms with E-state index in [1.807, 2.05) is 14.1 Å². The number of hydrogen-bond acceptors (Lipinski definition) is 7. The van der Waals surface area contributed by atoms with Crippen molar-refractivity contribution >= 4 is 11.9 Å². The highest BCUT2D eigenvalue weighted by Gasteiger charge is 2.25. The van der Waals surface area contributed by atoms with Crippen LogP contribution in [0.25, 0.3) is 0 Å². The predicted molar refractivity (Wildman–Crippen MR) is 95.2 cm³/mol. The van der Waals surface area contributed by atoms with Gasteiger partial charge in [0.1, 0.15) is 0 Å². The number of hydrogen-bond donors (Lipinski definition) is 1. The third kappa shape index (κ3) is 4.42. The number of rotatable bonds is 5. The maximum atomic E-state index is 12.7. The van der Waals surface area contributed by atoms with Crippen molar-refractivity contribution in [1.29, 1.82) is 0 Å². The lowest BCUT2D eigenvalue weighted by Crippen LogP contribution is -2.45. The van der Waals surface area contributed by atoms with Gasteiger partial charge in [0.05, 0.1) is 24.6 Å². The van der Waals surface area contributed by atoms with Gasteiger partial charge in [-0.3, -0.25) is 9.59 Å². The number of nitrogens with one attached hydrogen (secondary N) is 1. The van der Waals surface area contributed by atoms with Gasteiger partial charge in [-0.05, 0) is 12.8 Å². The quantitative estimate of drug-likeness (QED) is 0.808. The minimum Gasteiger partial charge on any atom is -0.375 e. The van der Waals surface area contributed by atoms with Crippen LogP contribution in [0.5, 0.6) is 0 Å². The summed E-state index contributed by atoms with van der Waals surface area (Å²) in [6.07, 6.45) is 5.72. The molecule has 1 aliphatic heterocycles. The first-order chi connectivity index (χ1) is 12.5. The highest BCUT2D eigenvalue weighted by Crippen LogP contribution is 2.14. The van der Waals surface area contributed by atoms with E-state index in [1.54, 1.807) is 22.2 Å². The van der Waals surface area contributed by atoms with Crippen LogP contribution in [0.1, 0.15) is 22.5 Å². The van der Waals surface area contributed by atoms with Crippen LogP contribution in [-0.2, 0) is 11.2 Å². The largest absolute Gasteiger partial charge is 0.375 e. The zero-order chi connectivity index (χ0) is 18.5. The molecule has 2 aromatic rings. The molecule has 1 amide bonds. The van der Waals surface area contributed by atoms with Crippen LogP contribution in [0.3, 0.4) is 0 Å². The minimum absolute atomic E-state index is 0.0873. The molecule has 3 heterocycles. The number of morpholine rings is 1. The van der Waals surface area contributed by atoms with Crippen LogP contribution in [-0.4, -0.2) is 70.6 Å². The van der Waals surface area contributed by atoms with E-state index in [2.05, 4.69) is 19.9 Å². The van der Waals surface area contributed by atoms with Crippen molar-refractivity contribution < 1.29 is 9.53 Å². The van der Waals surface area contributed by atoms with Crippen molar-refractivity contribution in [1.82, 2.24) is 24.8 Å². The second kappa shape index (κ2) is 8.05. The van der Waals surface area contributed by atoms with Gasteiger partial charge in [-0.15, -0.1) is 0 Å². The molecule has 1 atom stereocenters. The van der Waals surface area contributed by atoms with Crippen LogP contribution < -0.4 is 10.5 Å². The van der Waals surface area contributed by atoms with Crippen molar-refractivity contribution in [2.45, 2.75) is 18.9 Å². The Balaban J connectivity index is 1.58.